The fourth-order valence-corrected chi connectivity index (χ4v) is 4.38. The van der Waals surface area contributed by atoms with E-state index >= 15 is 0 Å². The number of non-ortho nitro benzene ring substituents is 1. The third-order valence-electron chi connectivity index (χ3n) is 5.99. The van der Waals surface area contributed by atoms with E-state index in [9.17, 15) is 19.7 Å². The maximum absolute atomic E-state index is 12.9. The number of aromatic nitrogens is 2. The molecule has 3 heterocycles. The largest absolute Gasteiger partial charge is 0.313 e. The normalized spacial score (nSPS) is 16.8. The molecule has 0 atom stereocenters. The lowest BCUT2D eigenvalue weighted by molar-refractivity contribution is -0.384. The number of para-hydroxylation sites is 2. The minimum atomic E-state index is -0.571. The Bertz CT molecular complexity index is 1210. The van der Waals surface area contributed by atoms with Crippen molar-refractivity contribution in [1.82, 2.24) is 19.4 Å². The third-order valence-corrected chi connectivity index (χ3v) is 5.99. The van der Waals surface area contributed by atoms with Gasteiger partial charge in [0.1, 0.15) is 5.82 Å². The summed E-state index contributed by atoms with van der Waals surface area (Å²) in [5.74, 6) is -0.359. The van der Waals surface area contributed by atoms with Crippen LogP contribution in [0.15, 0.2) is 42.5 Å². The Balaban J connectivity index is 1.49. The summed E-state index contributed by atoms with van der Waals surface area (Å²) in [4.78, 5) is 44.5. The molecule has 9 nitrogen and oxygen atoms in total. The number of benzene rings is 2. The smallest absolute Gasteiger partial charge is 0.270 e. The standard InChI is InChI=1S/C22H21N5O4/c28-21-16-9-8-15(27(30)31)12-17(16)22(29)25(21)13-20-23-18-6-2-3-7-19(18)26(20)14-24-10-4-1-5-11-24/h2-3,6-9,12H,1,4-5,10-11,13-14H2. The molecule has 31 heavy (non-hydrogen) atoms. The molecule has 9 heteroatoms. The van der Waals surface area contributed by atoms with Crippen LogP contribution >= 0.6 is 0 Å². The first kappa shape index (κ1) is 19.4. The minimum Gasteiger partial charge on any atom is -0.313 e. The fraction of sp³-hybridized carbons (Fsp3) is 0.318. The van der Waals surface area contributed by atoms with Crippen LogP contribution < -0.4 is 0 Å². The van der Waals surface area contributed by atoms with Crippen LogP contribution in [0.3, 0.4) is 0 Å². The molecule has 0 aliphatic carbocycles. The van der Waals surface area contributed by atoms with E-state index in [1.54, 1.807) is 0 Å². The van der Waals surface area contributed by atoms with Crippen molar-refractivity contribution in [1.29, 1.82) is 0 Å². The molecule has 1 fully saturated rings. The molecule has 2 aliphatic rings. The van der Waals surface area contributed by atoms with Gasteiger partial charge in [-0.2, -0.15) is 0 Å². The number of carbonyl (C=O) groups is 2. The quantitative estimate of drug-likeness (QED) is 0.358. The van der Waals surface area contributed by atoms with Crippen LogP contribution in [0.25, 0.3) is 11.0 Å². The van der Waals surface area contributed by atoms with Gasteiger partial charge in [-0.05, 0) is 44.1 Å². The first-order chi connectivity index (χ1) is 15.0. The van der Waals surface area contributed by atoms with E-state index in [0.717, 1.165) is 41.9 Å². The summed E-state index contributed by atoms with van der Waals surface area (Å²) in [5.41, 5.74) is 1.81. The van der Waals surface area contributed by atoms with Gasteiger partial charge in [-0.3, -0.25) is 29.5 Å². The predicted octanol–water partition coefficient (Wildman–Crippen LogP) is 3.18. The number of nitro groups is 1. The molecular weight excluding hydrogens is 398 g/mol. The minimum absolute atomic E-state index is 0.0165. The van der Waals surface area contributed by atoms with Gasteiger partial charge in [0.25, 0.3) is 17.5 Å². The molecule has 2 aliphatic heterocycles. The number of imide groups is 1. The zero-order chi connectivity index (χ0) is 21.5. The van der Waals surface area contributed by atoms with Gasteiger partial charge in [0.15, 0.2) is 0 Å². The van der Waals surface area contributed by atoms with Crippen molar-refractivity contribution < 1.29 is 14.5 Å². The molecule has 2 amide bonds. The number of piperidine rings is 1. The maximum atomic E-state index is 12.9. The molecule has 2 aromatic carbocycles. The summed E-state index contributed by atoms with van der Waals surface area (Å²) in [5, 5.41) is 11.1. The summed E-state index contributed by atoms with van der Waals surface area (Å²) >= 11 is 0. The molecule has 5 rings (SSSR count). The first-order valence-corrected chi connectivity index (χ1v) is 10.3. The number of imidazole rings is 1. The van der Waals surface area contributed by atoms with E-state index in [1.165, 1.54) is 24.6 Å². The second-order valence-corrected chi connectivity index (χ2v) is 7.95. The lowest BCUT2D eigenvalue weighted by atomic mass is 10.1. The van der Waals surface area contributed by atoms with Gasteiger partial charge in [-0.1, -0.05) is 18.6 Å². The SMILES string of the molecule is O=C1c2ccc([N+](=O)[O-])cc2C(=O)N1Cc1nc2ccccc2n1CN1CCCCC1. The van der Waals surface area contributed by atoms with E-state index in [4.69, 9.17) is 4.98 Å². The van der Waals surface area contributed by atoms with E-state index < -0.39 is 16.7 Å². The summed E-state index contributed by atoms with van der Waals surface area (Å²) in [6.07, 6.45) is 3.54. The van der Waals surface area contributed by atoms with Crippen molar-refractivity contribution in [2.24, 2.45) is 0 Å². The number of hydrogen-bond acceptors (Lipinski definition) is 6. The number of nitro benzene ring substituents is 1. The van der Waals surface area contributed by atoms with Crippen LogP contribution in [-0.2, 0) is 13.2 Å². The van der Waals surface area contributed by atoms with Gasteiger partial charge in [0.05, 0.1) is 40.3 Å². The maximum Gasteiger partial charge on any atom is 0.270 e. The summed E-state index contributed by atoms with van der Waals surface area (Å²) in [7, 11) is 0. The van der Waals surface area contributed by atoms with Crippen LogP contribution in [-0.4, -0.2) is 49.2 Å². The highest BCUT2D eigenvalue weighted by atomic mass is 16.6. The van der Waals surface area contributed by atoms with Gasteiger partial charge in [0, 0.05) is 12.1 Å². The Morgan fingerprint density at radius 2 is 1.71 bits per heavy atom. The molecule has 0 unspecified atom stereocenters. The molecule has 0 spiro atoms. The number of amides is 2. The van der Waals surface area contributed by atoms with E-state index in [1.807, 2.05) is 24.3 Å². The second-order valence-electron chi connectivity index (χ2n) is 7.95. The number of carbonyl (C=O) groups excluding carboxylic acids is 2. The van der Waals surface area contributed by atoms with Gasteiger partial charge in [-0.15, -0.1) is 0 Å². The molecule has 3 aromatic rings. The van der Waals surface area contributed by atoms with Crippen molar-refractivity contribution in [3.8, 4) is 0 Å². The zero-order valence-corrected chi connectivity index (χ0v) is 16.9. The molecule has 1 saturated heterocycles. The van der Waals surface area contributed by atoms with E-state index in [2.05, 4.69) is 9.47 Å². The first-order valence-electron chi connectivity index (χ1n) is 10.3. The average Bonchev–Trinajstić information content (AvgIpc) is 3.24. The average molecular weight is 419 g/mol. The number of rotatable bonds is 5. The Kier molecular flexibility index (Phi) is 4.74. The topological polar surface area (TPSA) is 102 Å². The van der Waals surface area contributed by atoms with Crippen molar-refractivity contribution in [2.75, 3.05) is 13.1 Å². The van der Waals surface area contributed by atoms with Gasteiger partial charge in [-0.25, -0.2) is 4.98 Å². The van der Waals surface area contributed by atoms with Gasteiger partial charge >= 0.3 is 0 Å². The van der Waals surface area contributed by atoms with Crippen LogP contribution in [0.1, 0.15) is 45.8 Å². The Hall–Kier alpha value is -3.59. The summed E-state index contributed by atoms with van der Waals surface area (Å²) < 4.78 is 2.06. The van der Waals surface area contributed by atoms with Crippen LogP contribution in [0.2, 0.25) is 0 Å². The van der Waals surface area contributed by atoms with E-state index in [-0.39, 0.29) is 23.4 Å². The molecule has 0 N–H and O–H groups in total. The molecule has 1 aromatic heterocycles. The van der Waals surface area contributed by atoms with Crippen molar-refractivity contribution >= 4 is 28.5 Å². The number of fused-ring (bicyclic) bond motifs is 2. The Morgan fingerprint density at radius 1 is 0.968 bits per heavy atom. The van der Waals surface area contributed by atoms with Crippen LogP contribution in [0.4, 0.5) is 5.69 Å². The molecule has 158 valence electrons. The highest BCUT2D eigenvalue weighted by molar-refractivity contribution is 6.21. The lowest BCUT2D eigenvalue weighted by Gasteiger charge is -2.28. The van der Waals surface area contributed by atoms with Crippen molar-refractivity contribution in [3.63, 3.8) is 0 Å². The Morgan fingerprint density at radius 3 is 2.48 bits per heavy atom. The van der Waals surface area contributed by atoms with Gasteiger partial charge in [0.2, 0.25) is 0 Å². The van der Waals surface area contributed by atoms with E-state index in [0.29, 0.717) is 12.5 Å². The highest BCUT2D eigenvalue weighted by Gasteiger charge is 2.37. The lowest BCUT2D eigenvalue weighted by Crippen LogP contribution is -2.34. The van der Waals surface area contributed by atoms with Crippen LogP contribution in [0.5, 0.6) is 0 Å². The summed E-state index contributed by atoms with van der Waals surface area (Å²) in [6.45, 7) is 2.67. The predicted molar refractivity (Wildman–Crippen MR) is 112 cm³/mol. The van der Waals surface area contributed by atoms with Crippen LogP contribution in [0, 0.1) is 10.1 Å². The monoisotopic (exact) mass is 419 g/mol. The number of likely N-dealkylation sites (tertiary alicyclic amines) is 1. The van der Waals surface area contributed by atoms with Gasteiger partial charge < -0.3 is 4.57 Å². The highest BCUT2D eigenvalue weighted by Crippen LogP contribution is 2.29. The number of hydrogen-bond donors (Lipinski definition) is 0. The van der Waals surface area contributed by atoms with Crippen molar-refractivity contribution in [2.45, 2.75) is 32.5 Å². The van der Waals surface area contributed by atoms with Crippen molar-refractivity contribution in [3.05, 3.63) is 69.5 Å². The Labute approximate surface area is 178 Å². The number of nitrogens with zero attached hydrogens (tertiary/aromatic N) is 5. The fourth-order valence-electron chi connectivity index (χ4n) is 4.38. The molecular formula is C22H21N5O4. The second kappa shape index (κ2) is 7.59. The summed E-state index contributed by atoms with van der Waals surface area (Å²) in [6, 6.07) is 11.5. The molecule has 0 saturated carbocycles. The molecule has 0 bridgehead atoms. The third kappa shape index (κ3) is 3.36. The zero-order valence-electron chi connectivity index (χ0n) is 16.9. The molecule has 0 radical (unpaired) electrons.